The lowest BCUT2D eigenvalue weighted by atomic mass is 10.1. The molecule has 0 radical (unpaired) electrons. The Balaban J connectivity index is 1.92. The highest BCUT2D eigenvalue weighted by atomic mass is 19.1. The van der Waals surface area contributed by atoms with E-state index in [1.54, 1.807) is 19.2 Å². The number of halogens is 1. The topological polar surface area (TPSA) is 68.3 Å². The molecule has 0 aromatic heterocycles. The first-order valence-corrected chi connectivity index (χ1v) is 6.43. The molecule has 5 heteroatoms. The van der Waals surface area contributed by atoms with Crippen molar-refractivity contribution in [3.63, 3.8) is 0 Å². The number of hydrogen-bond acceptors (Lipinski definition) is 3. The second-order valence-corrected chi connectivity index (χ2v) is 4.56. The molecule has 2 rings (SSSR count). The molecule has 0 atom stereocenters. The van der Waals surface area contributed by atoms with E-state index in [1.165, 1.54) is 6.07 Å². The summed E-state index contributed by atoms with van der Waals surface area (Å²) in [5.74, 6) is 0.210. The van der Waals surface area contributed by atoms with Crippen molar-refractivity contribution in [3.05, 3.63) is 65.0 Å². The van der Waals surface area contributed by atoms with Crippen LogP contribution < -0.4 is 10.5 Å². The number of benzene rings is 2. The van der Waals surface area contributed by atoms with E-state index in [0.717, 1.165) is 11.3 Å². The lowest BCUT2D eigenvalue weighted by molar-refractivity contribution is 0.105. The predicted octanol–water partition coefficient (Wildman–Crippen LogP) is 2.84. The van der Waals surface area contributed by atoms with Gasteiger partial charge in [0.25, 0.3) is 0 Å². The zero-order valence-corrected chi connectivity index (χ0v) is 11.7. The summed E-state index contributed by atoms with van der Waals surface area (Å²) in [5.41, 5.74) is 7.10. The van der Waals surface area contributed by atoms with Crippen molar-refractivity contribution < 1.29 is 13.9 Å². The van der Waals surface area contributed by atoms with E-state index in [9.17, 15) is 4.39 Å². The fourth-order valence-corrected chi connectivity index (χ4v) is 1.83. The van der Waals surface area contributed by atoms with Gasteiger partial charge in [0.2, 0.25) is 0 Å². The number of methoxy groups -OCH3 is 1. The Bertz CT molecular complexity index is 627. The summed E-state index contributed by atoms with van der Waals surface area (Å²) in [7, 11) is 1.61. The van der Waals surface area contributed by atoms with E-state index < -0.39 is 5.82 Å². The zero-order valence-electron chi connectivity index (χ0n) is 11.7. The maximum Gasteiger partial charge on any atom is 0.129 e. The molecule has 2 aromatic rings. The first-order chi connectivity index (χ1) is 10.1. The number of nitrogens with two attached hydrogens (primary N) is 1. The van der Waals surface area contributed by atoms with E-state index in [4.69, 9.17) is 20.6 Å². The molecule has 0 aliphatic rings. The van der Waals surface area contributed by atoms with Gasteiger partial charge in [-0.1, -0.05) is 24.3 Å². The number of amidine groups is 1. The van der Waals surface area contributed by atoms with Crippen molar-refractivity contribution in [2.75, 3.05) is 7.11 Å². The van der Waals surface area contributed by atoms with Gasteiger partial charge in [0.1, 0.15) is 17.4 Å². The van der Waals surface area contributed by atoms with Crippen LogP contribution in [0.25, 0.3) is 0 Å². The fourth-order valence-electron chi connectivity index (χ4n) is 1.83. The average Bonchev–Trinajstić information content (AvgIpc) is 2.49. The van der Waals surface area contributed by atoms with Crippen molar-refractivity contribution in [3.8, 4) is 5.75 Å². The fraction of sp³-hybridized carbons (Fsp3) is 0.188. The van der Waals surface area contributed by atoms with Crippen molar-refractivity contribution in [1.29, 1.82) is 5.41 Å². The van der Waals surface area contributed by atoms with Gasteiger partial charge in [-0.25, -0.2) is 4.39 Å². The second-order valence-electron chi connectivity index (χ2n) is 4.56. The number of nitrogen functional groups attached to an aromatic ring is 1. The summed E-state index contributed by atoms with van der Waals surface area (Å²) >= 11 is 0. The number of hydrogen-bond donors (Lipinski definition) is 2. The lowest BCUT2D eigenvalue weighted by Gasteiger charge is -2.08. The quantitative estimate of drug-likeness (QED) is 0.634. The maximum atomic E-state index is 13.8. The SMILES string of the molecule is COc1ccc(COCc2ccc(C(=N)N)cc2F)cc1. The standard InChI is InChI=1S/C16H17FN2O2/c1-20-14-6-2-11(3-7-14)9-21-10-13-5-4-12(16(18)19)8-15(13)17/h2-8H,9-10H2,1H3,(H3,18,19). The molecule has 0 saturated heterocycles. The molecule has 0 spiro atoms. The molecule has 4 nitrogen and oxygen atoms in total. The molecule has 0 bridgehead atoms. The zero-order chi connectivity index (χ0) is 15.2. The van der Waals surface area contributed by atoms with E-state index in [1.807, 2.05) is 24.3 Å². The third-order valence-electron chi connectivity index (χ3n) is 3.05. The maximum absolute atomic E-state index is 13.8. The molecule has 21 heavy (non-hydrogen) atoms. The van der Waals surface area contributed by atoms with Crippen LogP contribution in [0.2, 0.25) is 0 Å². The van der Waals surface area contributed by atoms with E-state index in [-0.39, 0.29) is 12.4 Å². The van der Waals surface area contributed by atoms with Crippen LogP contribution in [0.4, 0.5) is 4.39 Å². The monoisotopic (exact) mass is 288 g/mol. The lowest BCUT2D eigenvalue weighted by Crippen LogP contribution is -2.11. The van der Waals surface area contributed by atoms with Gasteiger partial charge in [0.05, 0.1) is 20.3 Å². The summed E-state index contributed by atoms with van der Waals surface area (Å²) in [6.45, 7) is 0.550. The van der Waals surface area contributed by atoms with Gasteiger partial charge < -0.3 is 15.2 Å². The molecule has 0 saturated carbocycles. The van der Waals surface area contributed by atoms with Gasteiger partial charge in [-0.2, -0.15) is 0 Å². The van der Waals surface area contributed by atoms with Gasteiger partial charge in [-0.3, -0.25) is 5.41 Å². The van der Waals surface area contributed by atoms with Crippen LogP contribution >= 0.6 is 0 Å². The van der Waals surface area contributed by atoms with Crippen LogP contribution in [0.15, 0.2) is 42.5 Å². The van der Waals surface area contributed by atoms with Crippen molar-refractivity contribution in [1.82, 2.24) is 0 Å². The number of ether oxygens (including phenoxy) is 2. The Labute approximate surface area is 122 Å². The highest BCUT2D eigenvalue weighted by Gasteiger charge is 2.05. The van der Waals surface area contributed by atoms with Gasteiger partial charge in [-0.15, -0.1) is 0 Å². The molecular weight excluding hydrogens is 271 g/mol. The molecular formula is C16H17FN2O2. The van der Waals surface area contributed by atoms with Crippen LogP contribution in [-0.2, 0) is 18.0 Å². The van der Waals surface area contributed by atoms with Gasteiger partial charge in [0.15, 0.2) is 0 Å². The molecule has 0 aliphatic carbocycles. The van der Waals surface area contributed by atoms with Gasteiger partial charge in [0, 0.05) is 11.1 Å². The largest absolute Gasteiger partial charge is 0.497 e. The Morgan fingerprint density at radius 3 is 2.43 bits per heavy atom. The molecule has 0 amide bonds. The number of rotatable bonds is 6. The normalized spacial score (nSPS) is 10.4. The van der Waals surface area contributed by atoms with Crippen LogP contribution in [0.1, 0.15) is 16.7 Å². The van der Waals surface area contributed by atoms with E-state index in [0.29, 0.717) is 17.7 Å². The molecule has 110 valence electrons. The van der Waals surface area contributed by atoms with Crippen molar-refractivity contribution in [2.24, 2.45) is 5.73 Å². The summed E-state index contributed by atoms with van der Waals surface area (Å²) in [4.78, 5) is 0. The number of nitrogens with one attached hydrogen (secondary N) is 1. The molecule has 0 heterocycles. The highest BCUT2D eigenvalue weighted by molar-refractivity contribution is 5.94. The smallest absolute Gasteiger partial charge is 0.129 e. The minimum absolute atomic E-state index is 0.153. The van der Waals surface area contributed by atoms with Gasteiger partial charge in [-0.05, 0) is 23.8 Å². The van der Waals surface area contributed by atoms with Crippen LogP contribution in [0.5, 0.6) is 5.75 Å². The summed E-state index contributed by atoms with van der Waals surface area (Å²) in [5, 5.41) is 7.26. The minimum atomic E-state index is -0.419. The molecule has 0 aliphatic heterocycles. The van der Waals surface area contributed by atoms with Crippen LogP contribution in [0.3, 0.4) is 0 Å². The average molecular weight is 288 g/mol. The highest BCUT2D eigenvalue weighted by Crippen LogP contribution is 2.15. The summed E-state index contributed by atoms with van der Waals surface area (Å²) in [6.07, 6.45) is 0. The predicted molar refractivity (Wildman–Crippen MR) is 78.9 cm³/mol. The third kappa shape index (κ3) is 4.03. The molecule has 0 fully saturated rings. The Morgan fingerprint density at radius 2 is 1.86 bits per heavy atom. The Kier molecular flexibility index (Phi) is 4.90. The molecule has 3 N–H and O–H groups in total. The Morgan fingerprint density at radius 1 is 1.14 bits per heavy atom. The van der Waals surface area contributed by atoms with Gasteiger partial charge >= 0.3 is 0 Å². The van der Waals surface area contributed by atoms with E-state index >= 15 is 0 Å². The molecule has 2 aromatic carbocycles. The Hall–Kier alpha value is -2.40. The minimum Gasteiger partial charge on any atom is -0.497 e. The molecule has 0 unspecified atom stereocenters. The second kappa shape index (κ2) is 6.85. The first kappa shape index (κ1) is 15.0. The first-order valence-electron chi connectivity index (χ1n) is 6.43. The summed E-state index contributed by atoms with van der Waals surface area (Å²) in [6, 6.07) is 11.9. The summed E-state index contributed by atoms with van der Waals surface area (Å²) < 4.78 is 24.4. The van der Waals surface area contributed by atoms with E-state index in [2.05, 4.69) is 0 Å². The third-order valence-corrected chi connectivity index (χ3v) is 3.05. The van der Waals surface area contributed by atoms with Crippen LogP contribution in [-0.4, -0.2) is 12.9 Å². The van der Waals surface area contributed by atoms with Crippen molar-refractivity contribution >= 4 is 5.84 Å². The van der Waals surface area contributed by atoms with Crippen LogP contribution in [0, 0.1) is 11.2 Å². The van der Waals surface area contributed by atoms with Crippen molar-refractivity contribution in [2.45, 2.75) is 13.2 Å².